The molecule has 0 amide bonds. The Morgan fingerprint density at radius 3 is 3.00 bits per heavy atom. The first-order valence-corrected chi connectivity index (χ1v) is 5.07. The van der Waals surface area contributed by atoms with Gasteiger partial charge in [0.15, 0.2) is 5.82 Å². The number of nitrogens with two attached hydrogens (primary N) is 1. The van der Waals surface area contributed by atoms with Crippen LogP contribution in [0.1, 0.15) is 5.82 Å². The third-order valence-electron chi connectivity index (χ3n) is 2.02. The van der Waals surface area contributed by atoms with Gasteiger partial charge in [-0.2, -0.15) is 4.98 Å². The molecule has 0 saturated carbocycles. The second kappa shape index (κ2) is 4.51. The van der Waals surface area contributed by atoms with Gasteiger partial charge in [-0.05, 0) is 18.2 Å². The number of hydrogen-bond donors (Lipinski definition) is 2. The van der Waals surface area contributed by atoms with Crippen molar-refractivity contribution in [2.24, 2.45) is 0 Å². The van der Waals surface area contributed by atoms with Crippen LogP contribution in [0.4, 0.5) is 5.69 Å². The van der Waals surface area contributed by atoms with E-state index in [2.05, 4.69) is 10.1 Å². The average molecular weight is 240 g/mol. The van der Waals surface area contributed by atoms with Crippen molar-refractivity contribution in [3.05, 3.63) is 29.0 Å². The van der Waals surface area contributed by atoms with Crippen LogP contribution in [0.15, 0.2) is 22.7 Å². The lowest BCUT2D eigenvalue weighted by molar-refractivity contribution is 0.293. The number of nitrogen functional groups attached to an aromatic ring is 1. The van der Waals surface area contributed by atoms with Crippen molar-refractivity contribution in [1.82, 2.24) is 10.1 Å². The fourth-order valence-corrected chi connectivity index (χ4v) is 1.47. The van der Waals surface area contributed by atoms with Crippen LogP contribution in [0, 0.1) is 0 Å². The molecular weight excluding hydrogens is 230 g/mol. The molecule has 5 nitrogen and oxygen atoms in total. The van der Waals surface area contributed by atoms with E-state index < -0.39 is 0 Å². The molecule has 0 saturated heterocycles. The molecule has 1 heterocycles. The lowest BCUT2D eigenvalue weighted by Gasteiger charge is -1.99. The molecule has 6 heteroatoms. The Balaban J connectivity index is 2.38. The second-order valence-electron chi connectivity index (χ2n) is 3.23. The van der Waals surface area contributed by atoms with Crippen LogP contribution in [-0.2, 0) is 6.42 Å². The molecule has 0 bridgehead atoms. The number of benzene rings is 1. The number of hydrogen-bond acceptors (Lipinski definition) is 5. The number of rotatable bonds is 3. The minimum atomic E-state index is -0.0242. The summed E-state index contributed by atoms with van der Waals surface area (Å²) in [4.78, 5) is 4.09. The first-order chi connectivity index (χ1) is 7.70. The van der Waals surface area contributed by atoms with E-state index in [0.717, 1.165) is 0 Å². The van der Waals surface area contributed by atoms with Crippen LogP contribution in [0.25, 0.3) is 11.5 Å². The van der Waals surface area contributed by atoms with E-state index in [4.69, 9.17) is 27.0 Å². The van der Waals surface area contributed by atoms with E-state index in [1.54, 1.807) is 18.2 Å². The molecule has 0 atom stereocenters. The van der Waals surface area contributed by atoms with E-state index in [1.807, 2.05) is 0 Å². The molecule has 0 aliphatic rings. The van der Waals surface area contributed by atoms with Crippen molar-refractivity contribution < 1.29 is 9.63 Å². The second-order valence-corrected chi connectivity index (χ2v) is 3.64. The van der Waals surface area contributed by atoms with Crippen molar-refractivity contribution in [3.8, 4) is 11.5 Å². The summed E-state index contributed by atoms with van der Waals surface area (Å²) in [6, 6.07) is 5.03. The van der Waals surface area contributed by atoms with Gasteiger partial charge in [0.05, 0.1) is 17.2 Å². The molecule has 2 rings (SSSR count). The standard InChI is InChI=1S/C10H10ClN3O2/c11-8-2-1-6(12)5-7(8)10-13-9(3-4-15)14-16-10/h1-2,5,15H,3-4,12H2. The Morgan fingerprint density at radius 1 is 1.44 bits per heavy atom. The van der Waals surface area contributed by atoms with Gasteiger partial charge in [-0.25, -0.2) is 0 Å². The first-order valence-electron chi connectivity index (χ1n) is 4.69. The van der Waals surface area contributed by atoms with Crippen LogP contribution in [0.5, 0.6) is 0 Å². The zero-order chi connectivity index (χ0) is 11.5. The van der Waals surface area contributed by atoms with E-state index in [9.17, 15) is 0 Å². The summed E-state index contributed by atoms with van der Waals surface area (Å²) in [5.41, 5.74) is 6.81. The molecule has 84 valence electrons. The van der Waals surface area contributed by atoms with Gasteiger partial charge in [0.1, 0.15) is 0 Å². The summed E-state index contributed by atoms with van der Waals surface area (Å²) in [5.74, 6) is 0.747. The Hall–Kier alpha value is -1.59. The van der Waals surface area contributed by atoms with Gasteiger partial charge in [0.25, 0.3) is 5.89 Å². The molecule has 1 aromatic carbocycles. The van der Waals surface area contributed by atoms with Crippen molar-refractivity contribution in [2.75, 3.05) is 12.3 Å². The third-order valence-corrected chi connectivity index (χ3v) is 2.35. The van der Waals surface area contributed by atoms with E-state index in [-0.39, 0.29) is 6.61 Å². The maximum absolute atomic E-state index is 8.73. The SMILES string of the molecule is Nc1ccc(Cl)c(-c2nc(CCO)no2)c1. The smallest absolute Gasteiger partial charge is 0.259 e. The van der Waals surface area contributed by atoms with Gasteiger partial charge < -0.3 is 15.4 Å². The quantitative estimate of drug-likeness (QED) is 0.793. The summed E-state index contributed by atoms with van der Waals surface area (Å²) in [6.45, 7) is -0.0242. The Labute approximate surface area is 96.8 Å². The molecule has 0 spiro atoms. The summed E-state index contributed by atoms with van der Waals surface area (Å²) in [7, 11) is 0. The topological polar surface area (TPSA) is 85.2 Å². The fraction of sp³-hybridized carbons (Fsp3) is 0.200. The number of nitrogens with zero attached hydrogens (tertiary/aromatic N) is 2. The minimum Gasteiger partial charge on any atom is -0.399 e. The molecular formula is C10H10ClN3O2. The van der Waals surface area contributed by atoms with E-state index >= 15 is 0 Å². The predicted octanol–water partition coefficient (Wildman–Crippen LogP) is 1.51. The molecule has 16 heavy (non-hydrogen) atoms. The van der Waals surface area contributed by atoms with Gasteiger partial charge in [-0.15, -0.1) is 0 Å². The van der Waals surface area contributed by atoms with Gasteiger partial charge >= 0.3 is 0 Å². The number of anilines is 1. The average Bonchev–Trinajstić information content (AvgIpc) is 2.71. The molecule has 3 N–H and O–H groups in total. The van der Waals surface area contributed by atoms with Crippen molar-refractivity contribution in [2.45, 2.75) is 6.42 Å². The molecule has 0 radical (unpaired) electrons. The largest absolute Gasteiger partial charge is 0.399 e. The first kappa shape index (κ1) is 10.9. The summed E-state index contributed by atoms with van der Waals surface area (Å²) in [6.07, 6.45) is 0.351. The van der Waals surface area contributed by atoms with Crippen LogP contribution >= 0.6 is 11.6 Å². The highest BCUT2D eigenvalue weighted by molar-refractivity contribution is 6.33. The molecule has 0 fully saturated rings. The number of aromatic nitrogens is 2. The highest BCUT2D eigenvalue weighted by Crippen LogP contribution is 2.28. The lowest BCUT2D eigenvalue weighted by Crippen LogP contribution is -1.92. The molecule has 0 aliphatic heterocycles. The van der Waals surface area contributed by atoms with Crippen LogP contribution in [-0.4, -0.2) is 21.9 Å². The monoisotopic (exact) mass is 239 g/mol. The Bertz CT molecular complexity index is 499. The number of aliphatic hydroxyl groups excluding tert-OH is 1. The van der Waals surface area contributed by atoms with Crippen LogP contribution in [0.2, 0.25) is 5.02 Å². The molecule has 2 aromatic rings. The zero-order valence-corrected chi connectivity index (χ0v) is 9.11. The van der Waals surface area contributed by atoms with Crippen LogP contribution in [0.3, 0.4) is 0 Å². The maximum Gasteiger partial charge on any atom is 0.259 e. The minimum absolute atomic E-state index is 0.0242. The summed E-state index contributed by atoms with van der Waals surface area (Å²) in [5, 5.41) is 12.9. The van der Waals surface area contributed by atoms with Gasteiger partial charge in [-0.3, -0.25) is 0 Å². The van der Waals surface area contributed by atoms with Crippen molar-refractivity contribution in [3.63, 3.8) is 0 Å². The number of halogens is 1. The highest BCUT2D eigenvalue weighted by atomic mass is 35.5. The van der Waals surface area contributed by atoms with E-state index in [0.29, 0.717) is 34.4 Å². The van der Waals surface area contributed by atoms with E-state index in [1.165, 1.54) is 0 Å². The van der Waals surface area contributed by atoms with Crippen molar-refractivity contribution >= 4 is 17.3 Å². The molecule has 0 aliphatic carbocycles. The predicted molar refractivity (Wildman–Crippen MR) is 59.9 cm³/mol. The van der Waals surface area contributed by atoms with Gasteiger partial charge in [0, 0.05) is 12.1 Å². The highest BCUT2D eigenvalue weighted by Gasteiger charge is 2.12. The molecule has 1 aromatic heterocycles. The Kier molecular flexibility index (Phi) is 3.07. The van der Waals surface area contributed by atoms with Crippen LogP contribution < -0.4 is 5.73 Å². The molecule has 0 unspecified atom stereocenters. The maximum atomic E-state index is 8.73. The zero-order valence-electron chi connectivity index (χ0n) is 8.35. The van der Waals surface area contributed by atoms with Crippen molar-refractivity contribution in [1.29, 1.82) is 0 Å². The lowest BCUT2D eigenvalue weighted by atomic mass is 10.2. The third kappa shape index (κ3) is 2.15. The summed E-state index contributed by atoms with van der Waals surface area (Å²) < 4.78 is 5.03. The number of aliphatic hydroxyl groups is 1. The fourth-order valence-electron chi connectivity index (χ4n) is 1.27. The van der Waals surface area contributed by atoms with Gasteiger partial charge in [-0.1, -0.05) is 16.8 Å². The Morgan fingerprint density at radius 2 is 2.25 bits per heavy atom. The normalized spacial score (nSPS) is 10.6. The summed E-state index contributed by atoms with van der Waals surface area (Å²) >= 11 is 5.98. The van der Waals surface area contributed by atoms with Gasteiger partial charge in [0.2, 0.25) is 0 Å².